The van der Waals surface area contributed by atoms with E-state index in [1.54, 1.807) is 24.5 Å². The zero-order valence-corrected chi connectivity index (χ0v) is 16.5. The lowest BCUT2D eigenvalue weighted by atomic mass is 10.0. The average Bonchev–Trinajstić information content (AvgIpc) is 3.14. The van der Waals surface area contributed by atoms with E-state index < -0.39 is 0 Å². The molecule has 7 heteroatoms. The number of ether oxygens (including phenoxy) is 4. The molecule has 6 rings (SSSR count). The number of benzene rings is 2. The summed E-state index contributed by atoms with van der Waals surface area (Å²) >= 11 is 0. The zero-order valence-electron chi connectivity index (χ0n) is 16.5. The molecule has 0 spiro atoms. The first kappa shape index (κ1) is 17.8. The number of hydrogen-bond donors (Lipinski definition) is 0. The van der Waals surface area contributed by atoms with E-state index in [1.165, 1.54) is 0 Å². The normalized spacial score (nSPS) is 17.6. The minimum Gasteiger partial charge on any atom is -0.486 e. The van der Waals surface area contributed by atoms with E-state index >= 15 is 0 Å². The van der Waals surface area contributed by atoms with Crippen LogP contribution in [0.1, 0.15) is 21.5 Å². The van der Waals surface area contributed by atoms with Crippen LogP contribution >= 0.6 is 0 Å². The van der Waals surface area contributed by atoms with Gasteiger partial charge in [-0.3, -0.25) is 9.78 Å². The van der Waals surface area contributed by atoms with Crippen LogP contribution in [0.25, 0.3) is 6.08 Å². The van der Waals surface area contributed by atoms with Crippen LogP contribution in [0.5, 0.6) is 23.0 Å². The topological polar surface area (TPSA) is 70.1 Å². The lowest BCUT2D eigenvalue weighted by Gasteiger charge is -2.32. The van der Waals surface area contributed by atoms with Crippen LogP contribution in [0, 0.1) is 0 Å². The maximum absolute atomic E-state index is 12.9. The van der Waals surface area contributed by atoms with E-state index in [1.807, 2.05) is 36.4 Å². The smallest absolute Gasteiger partial charge is 0.231 e. The molecule has 0 saturated heterocycles. The highest BCUT2D eigenvalue weighted by Gasteiger charge is 2.34. The quantitative estimate of drug-likeness (QED) is 0.591. The van der Waals surface area contributed by atoms with Crippen LogP contribution in [0.15, 0.2) is 60.6 Å². The molecule has 7 nitrogen and oxygen atoms in total. The minimum absolute atomic E-state index is 0.141. The lowest BCUT2D eigenvalue weighted by molar-refractivity contribution is 0.101. The number of pyridine rings is 1. The standard InChI is InChI=1S/C24H18N2O5/c27-23-17-4-6-19-18(24(17)31-22(23)10-15-2-1-7-25-12-15)13-26(14-30-19)16-3-5-20-21(11-16)29-9-8-28-20/h1-7,10-12H,8-9,13-14H2/b22-10-. The van der Waals surface area contributed by atoms with E-state index in [2.05, 4.69) is 9.88 Å². The van der Waals surface area contributed by atoms with Crippen molar-refractivity contribution in [2.45, 2.75) is 6.54 Å². The van der Waals surface area contributed by atoms with Crippen molar-refractivity contribution >= 4 is 17.5 Å². The molecule has 1 aromatic heterocycles. The molecule has 0 amide bonds. The summed E-state index contributed by atoms with van der Waals surface area (Å²) in [4.78, 5) is 19.1. The predicted octanol–water partition coefficient (Wildman–Crippen LogP) is 3.83. The van der Waals surface area contributed by atoms with Crippen LogP contribution in [0.2, 0.25) is 0 Å². The van der Waals surface area contributed by atoms with Gasteiger partial charge in [0.15, 0.2) is 24.0 Å². The molecule has 0 bridgehead atoms. The number of carbonyl (C=O) groups is 1. The van der Waals surface area contributed by atoms with Crippen LogP contribution in [-0.4, -0.2) is 30.7 Å². The summed E-state index contributed by atoms with van der Waals surface area (Å²) in [5.74, 6) is 2.89. The maximum atomic E-state index is 12.9. The van der Waals surface area contributed by atoms with Gasteiger partial charge in [0.2, 0.25) is 5.78 Å². The van der Waals surface area contributed by atoms with E-state index in [4.69, 9.17) is 18.9 Å². The van der Waals surface area contributed by atoms with Gasteiger partial charge in [-0.15, -0.1) is 0 Å². The van der Waals surface area contributed by atoms with Gasteiger partial charge in [-0.1, -0.05) is 6.07 Å². The van der Waals surface area contributed by atoms with Gasteiger partial charge in [0, 0.05) is 24.1 Å². The Kier molecular flexibility index (Phi) is 4.06. The van der Waals surface area contributed by atoms with Gasteiger partial charge in [0.25, 0.3) is 0 Å². The van der Waals surface area contributed by atoms with Gasteiger partial charge in [0.1, 0.15) is 24.7 Å². The van der Waals surface area contributed by atoms with Gasteiger partial charge in [0.05, 0.1) is 17.7 Å². The molecule has 3 aliphatic heterocycles. The fraction of sp³-hybridized carbons (Fsp3) is 0.167. The number of Topliss-reactive ketones (excluding diaryl/α,β-unsaturated/α-hetero) is 1. The van der Waals surface area contributed by atoms with E-state index in [0.29, 0.717) is 37.8 Å². The molecule has 0 unspecified atom stereocenters. The Bertz CT molecular complexity index is 1220. The maximum Gasteiger partial charge on any atom is 0.231 e. The lowest BCUT2D eigenvalue weighted by Crippen LogP contribution is -2.32. The second-order valence-corrected chi connectivity index (χ2v) is 7.44. The molecule has 0 fully saturated rings. The van der Waals surface area contributed by atoms with E-state index in [9.17, 15) is 4.79 Å². The van der Waals surface area contributed by atoms with Crippen molar-refractivity contribution in [2.75, 3.05) is 24.8 Å². The Balaban J connectivity index is 1.33. The second kappa shape index (κ2) is 7.05. The Morgan fingerprint density at radius 3 is 2.71 bits per heavy atom. The highest BCUT2D eigenvalue weighted by atomic mass is 16.6. The summed E-state index contributed by atoms with van der Waals surface area (Å²) in [5.41, 5.74) is 3.15. The van der Waals surface area contributed by atoms with Gasteiger partial charge >= 0.3 is 0 Å². The van der Waals surface area contributed by atoms with Crippen molar-refractivity contribution in [3.8, 4) is 23.0 Å². The van der Waals surface area contributed by atoms with Crippen LogP contribution < -0.4 is 23.8 Å². The summed E-state index contributed by atoms with van der Waals surface area (Å²) in [6.07, 6.45) is 5.09. The zero-order chi connectivity index (χ0) is 20.8. The third-order valence-corrected chi connectivity index (χ3v) is 5.50. The second-order valence-electron chi connectivity index (χ2n) is 7.44. The highest BCUT2D eigenvalue weighted by Crippen LogP contribution is 2.43. The molecule has 0 saturated carbocycles. The molecule has 154 valence electrons. The van der Waals surface area contributed by atoms with E-state index in [0.717, 1.165) is 34.1 Å². The monoisotopic (exact) mass is 414 g/mol. The first-order valence-electron chi connectivity index (χ1n) is 10.0. The largest absolute Gasteiger partial charge is 0.486 e. The van der Waals surface area contributed by atoms with E-state index in [-0.39, 0.29) is 11.5 Å². The molecule has 31 heavy (non-hydrogen) atoms. The molecule has 0 N–H and O–H groups in total. The number of fused-ring (bicyclic) bond motifs is 4. The van der Waals surface area contributed by atoms with Crippen LogP contribution in [-0.2, 0) is 6.54 Å². The molecular formula is C24H18N2O5. The van der Waals surface area contributed by atoms with Gasteiger partial charge in [-0.2, -0.15) is 0 Å². The van der Waals surface area contributed by atoms with Crippen LogP contribution in [0.4, 0.5) is 5.69 Å². The van der Waals surface area contributed by atoms with Gasteiger partial charge in [-0.05, 0) is 42.0 Å². The van der Waals surface area contributed by atoms with Crippen molar-refractivity contribution in [1.29, 1.82) is 0 Å². The Morgan fingerprint density at radius 1 is 0.968 bits per heavy atom. The first-order valence-corrected chi connectivity index (χ1v) is 10.0. The summed E-state index contributed by atoms with van der Waals surface area (Å²) in [6.45, 7) is 2.02. The highest BCUT2D eigenvalue weighted by molar-refractivity contribution is 6.15. The van der Waals surface area contributed by atoms with Crippen molar-refractivity contribution < 1.29 is 23.7 Å². The van der Waals surface area contributed by atoms with Crippen molar-refractivity contribution in [1.82, 2.24) is 4.98 Å². The van der Waals surface area contributed by atoms with Gasteiger partial charge < -0.3 is 23.8 Å². The minimum atomic E-state index is -0.141. The first-order chi connectivity index (χ1) is 15.3. The average molecular weight is 414 g/mol. The molecule has 3 aromatic rings. The summed E-state index contributed by atoms with van der Waals surface area (Å²) < 4.78 is 23.3. The number of aromatic nitrogens is 1. The third-order valence-electron chi connectivity index (χ3n) is 5.50. The molecule has 4 heterocycles. The number of nitrogens with zero attached hydrogens (tertiary/aromatic N) is 2. The van der Waals surface area contributed by atoms with Crippen molar-refractivity contribution in [3.05, 3.63) is 77.3 Å². The van der Waals surface area contributed by atoms with Crippen LogP contribution in [0.3, 0.4) is 0 Å². The summed E-state index contributed by atoms with van der Waals surface area (Å²) in [7, 11) is 0. The number of hydrogen-bond acceptors (Lipinski definition) is 7. The third kappa shape index (κ3) is 3.06. The summed E-state index contributed by atoms with van der Waals surface area (Å²) in [5, 5.41) is 0. The SMILES string of the molecule is O=C1/C(=C/c2cccnc2)Oc2c1ccc1c2CN(c2ccc3c(c2)OCCO3)CO1. The Labute approximate surface area is 178 Å². The van der Waals surface area contributed by atoms with Gasteiger partial charge in [-0.25, -0.2) is 0 Å². The predicted molar refractivity (Wildman–Crippen MR) is 113 cm³/mol. The Morgan fingerprint density at radius 2 is 1.84 bits per heavy atom. The number of allylic oxidation sites excluding steroid dienone is 1. The number of anilines is 1. The fourth-order valence-electron chi connectivity index (χ4n) is 3.97. The van der Waals surface area contributed by atoms with Crippen molar-refractivity contribution in [3.63, 3.8) is 0 Å². The molecule has 2 aromatic carbocycles. The summed E-state index contributed by atoms with van der Waals surface area (Å²) in [6, 6.07) is 13.1. The number of carbonyl (C=O) groups excluding carboxylic acids is 1. The molecule has 3 aliphatic rings. The number of rotatable bonds is 2. The molecule has 0 radical (unpaired) electrons. The molecular weight excluding hydrogens is 396 g/mol. The Hall–Kier alpha value is -4.00. The molecule has 0 atom stereocenters. The fourth-order valence-corrected chi connectivity index (χ4v) is 3.97. The molecule has 0 aliphatic carbocycles. The number of ketones is 1. The van der Waals surface area contributed by atoms with Crippen molar-refractivity contribution in [2.24, 2.45) is 0 Å².